The van der Waals surface area contributed by atoms with E-state index < -0.39 is 11.6 Å². The molecule has 0 aliphatic carbocycles. The van der Waals surface area contributed by atoms with Crippen molar-refractivity contribution in [2.24, 2.45) is 5.10 Å². The molecular weight excluding hydrogens is 187 g/mol. The van der Waals surface area contributed by atoms with Crippen molar-refractivity contribution in [2.45, 2.75) is 6.42 Å². The molecule has 0 spiro atoms. The lowest BCUT2D eigenvalue weighted by molar-refractivity contribution is -0.119. The van der Waals surface area contributed by atoms with E-state index in [0.29, 0.717) is 11.3 Å². The number of nitrogens with one attached hydrogen (secondary N) is 1. The van der Waals surface area contributed by atoms with Gasteiger partial charge in [-0.25, -0.2) is 9.82 Å². The number of amides is 1. The molecule has 1 heterocycles. The molecule has 0 radical (unpaired) electrons. The summed E-state index contributed by atoms with van der Waals surface area (Å²) in [5.74, 6) is -1.33. The number of phenolic OH excluding ortho intramolecular Hbond substituents is 1. The largest absolute Gasteiger partial charge is 0.505 e. The maximum absolute atomic E-state index is 12.7. The molecule has 2 rings (SSSR count). The van der Waals surface area contributed by atoms with Crippen LogP contribution in [0.15, 0.2) is 23.3 Å². The summed E-state index contributed by atoms with van der Waals surface area (Å²) in [5.41, 5.74) is 3.32. The average molecular weight is 194 g/mol. The van der Waals surface area contributed by atoms with Crippen LogP contribution in [0.3, 0.4) is 0 Å². The Morgan fingerprint density at radius 3 is 2.86 bits per heavy atom. The summed E-state index contributed by atoms with van der Waals surface area (Å²) in [4.78, 5) is 10.8. The Hall–Kier alpha value is -1.91. The number of carbonyl (C=O) groups excluding carboxylic acids is 1. The minimum Gasteiger partial charge on any atom is -0.505 e. The maximum Gasteiger partial charge on any atom is 0.246 e. The van der Waals surface area contributed by atoms with Crippen LogP contribution in [-0.4, -0.2) is 16.7 Å². The number of rotatable bonds is 1. The predicted octanol–water partition coefficient (Wildman–Crippen LogP) is 0.755. The molecule has 0 saturated carbocycles. The lowest BCUT2D eigenvalue weighted by atomic mass is 10.1. The molecule has 4 nitrogen and oxygen atoms in total. The fourth-order valence-corrected chi connectivity index (χ4v) is 1.22. The molecule has 1 aromatic carbocycles. The number of nitrogens with zero attached hydrogens (tertiary/aromatic N) is 1. The van der Waals surface area contributed by atoms with Gasteiger partial charge in [0.05, 0.1) is 12.1 Å². The summed E-state index contributed by atoms with van der Waals surface area (Å²) in [7, 11) is 0. The number of phenols is 1. The first-order valence-corrected chi connectivity index (χ1v) is 4.01. The minimum atomic E-state index is -0.688. The molecule has 1 amide bonds. The molecule has 5 heteroatoms. The molecule has 0 fully saturated rings. The van der Waals surface area contributed by atoms with Crippen LogP contribution in [0.4, 0.5) is 4.39 Å². The highest BCUT2D eigenvalue weighted by Gasteiger charge is 2.16. The van der Waals surface area contributed by atoms with E-state index in [0.717, 1.165) is 6.07 Å². The smallest absolute Gasteiger partial charge is 0.246 e. The van der Waals surface area contributed by atoms with Crippen LogP contribution < -0.4 is 5.43 Å². The lowest BCUT2D eigenvalue weighted by Gasteiger charge is -1.99. The number of halogens is 1. The second kappa shape index (κ2) is 3.10. The van der Waals surface area contributed by atoms with E-state index in [9.17, 15) is 9.18 Å². The molecule has 2 N–H and O–H groups in total. The first-order valence-electron chi connectivity index (χ1n) is 4.01. The Morgan fingerprint density at radius 2 is 2.29 bits per heavy atom. The summed E-state index contributed by atoms with van der Waals surface area (Å²) in [6, 6.07) is 3.85. The van der Waals surface area contributed by atoms with Gasteiger partial charge in [-0.2, -0.15) is 5.10 Å². The minimum absolute atomic E-state index is 0.158. The number of aromatic hydroxyl groups is 1. The summed E-state index contributed by atoms with van der Waals surface area (Å²) in [6.07, 6.45) is 0.158. The van der Waals surface area contributed by atoms with Gasteiger partial charge in [0.15, 0.2) is 11.6 Å². The van der Waals surface area contributed by atoms with E-state index in [-0.39, 0.29) is 12.3 Å². The zero-order valence-corrected chi connectivity index (χ0v) is 7.12. The summed E-state index contributed by atoms with van der Waals surface area (Å²) < 4.78 is 12.7. The Morgan fingerprint density at radius 1 is 1.50 bits per heavy atom. The number of hydrogen-bond acceptors (Lipinski definition) is 3. The van der Waals surface area contributed by atoms with Crippen molar-refractivity contribution < 1.29 is 14.3 Å². The van der Waals surface area contributed by atoms with Crippen LogP contribution in [-0.2, 0) is 4.79 Å². The third kappa shape index (κ3) is 1.44. The molecule has 0 saturated heterocycles. The van der Waals surface area contributed by atoms with E-state index in [2.05, 4.69) is 10.5 Å². The van der Waals surface area contributed by atoms with E-state index in [1.54, 1.807) is 0 Å². The summed E-state index contributed by atoms with van der Waals surface area (Å²) in [5, 5.41) is 12.8. The fourth-order valence-electron chi connectivity index (χ4n) is 1.22. The molecule has 0 aromatic heterocycles. The van der Waals surface area contributed by atoms with Gasteiger partial charge in [0, 0.05) is 5.56 Å². The van der Waals surface area contributed by atoms with Gasteiger partial charge in [0.25, 0.3) is 0 Å². The summed E-state index contributed by atoms with van der Waals surface area (Å²) >= 11 is 0. The molecule has 14 heavy (non-hydrogen) atoms. The molecule has 0 atom stereocenters. The Labute approximate surface area is 79.1 Å². The Balaban J connectivity index is 2.34. The first-order chi connectivity index (χ1) is 6.66. The van der Waals surface area contributed by atoms with Crippen molar-refractivity contribution in [3.8, 4) is 5.75 Å². The number of hydrazone groups is 1. The highest BCUT2D eigenvalue weighted by Crippen LogP contribution is 2.18. The molecule has 0 unspecified atom stereocenters. The van der Waals surface area contributed by atoms with Gasteiger partial charge in [0.2, 0.25) is 5.91 Å². The van der Waals surface area contributed by atoms with Crippen molar-refractivity contribution in [1.82, 2.24) is 5.43 Å². The van der Waals surface area contributed by atoms with Crippen LogP contribution in [0.5, 0.6) is 5.75 Å². The molecule has 0 bridgehead atoms. The Bertz CT molecular complexity index is 429. The summed E-state index contributed by atoms with van der Waals surface area (Å²) in [6.45, 7) is 0. The quantitative estimate of drug-likeness (QED) is 0.693. The van der Waals surface area contributed by atoms with E-state index in [4.69, 9.17) is 5.11 Å². The zero-order valence-electron chi connectivity index (χ0n) is 7.12. The van der Waals surface area contributed by atoms with Gasteiger partial charge in [0.1, 0.15) is 0 Å². The van der Waals surface area contributed by atoms with Crippen LogP contribution in [0.2, 0.25) is 0 Å². The van der Waals surface area contributed by atoms with Gasteiger partial charge in [-0.15, -0.1) is 0 Å². The lowest BCUT2D eigenvalue weighted by Crippen LogP contribution is -2.09. The highest BCUT2D eigenvalue weighted by molar-refractivity contribution is 6.13. The molecular formula is C9H7FN2O2. The highest BCUT2D eigenvalue weighted by atomic mass is 19.1. The van der Waals surface area contributed by atoms with Gasteiger partial charge in [-0.3, -0.25) is 4.79 Å². The molecule has 72 valence electrons. The average Bonchev–Trinajstić information content (AvgIpc) is 2.57. The predicted molar refractivity (Wildman–Crippen MR) is 47.4 cm³/mol. The van der Waals surface area contributed by atoms with E-state index in [1.165, 1.54) is 12.1 Å². The van der Waals surface area contributed by atoms with Crippen LogP contribution in [0.1, 0.15) is 12.0 Å². The molecule has 1 aliphatic heterocycles. The van der Waals surface area contributed by atoms with Gasteiger partial charge in [-0.05, 0) is 18.2 Å². The fraction of sp³-hybridized carbons (Fsp3) is 0.111. The third-order valence-electron chi connectivity index (χ3n) is 1.92. The van der Waals surface area contributed by atoms with Gasteiger partial charge in [-0.1, -0.05) is 0 Å². The Kier molecular flexibility index (Phi) is 1.92. The van der Waals surface area contributed by atoms with E-state index >= 15 is 0 Å². The number of hydrogen-bond donors (Lipinski definition) is 2. The topological polar surface area (TPSA) is 61.7 Å². The zero-order chi connectivity index (χ0) is 10.1. The second-order valence-electron chi connectivity index (χ2n) is 2.94. The SMILES string of the molecule is O=C1CC(c2ccc(F)c(O)c2)=NN1. The van der Waals surface area contributed by atoms with Crippen molar-refractivity contribution in [3.05, 3.63) is 29.6 Å². The van der Waals surface area contributed by atoms with Crippen LogP contribution in [0.25, 0.3) is 0 Å². The number of benzene rings is 1. The van der Waals surface area contributed by atoms with Crippen molar-refractivity contribution >= 4 is 11.6 Å². The normalized spacial score (nSPS) is 15.2. The van der Waals surface area contributed by atoms with Crippen molar-refractivity contribution in [1.29, 1.82) is 0 Å². The molecule has 1 aliphatic rings. The van der Waals surface area contributed by atoms with Crippen molar-refractivity contribution in [3.63, 3.8) is 0 Å². The monoisotopic (exact) mass is 194 g/mol. The second-order valence-corrected chi connectivity index (χ2v) is 2.94. The van der Waals surface area contributed by atoms with Crippen LogP contribution in [0, 0.1) is 5.82 Å². The van der Waals surface area contributed by atoms with E-state index in [1.807, 2.05) is 0 Å². The van der Waals surface area contributed by atoms with Crippen molar-refractivity contribution in [2.75, 3.05) is 0 Å². The standard InChI is InChI=1S/C9H7FN2O2/c10-6-2-1-5(3-8(6)13)7-4-9(14)12-11-7/h1-3,13H,4H2,(H,12,14). The van der Waals surface area contributed by atoms with Gasteiger partial charge >= 0.3 is 0 Å². The first kappa shape index (κ1) is 8.68. The maximum atomic E-state index is 12.7. The number of carbonyl (C=O) groups is 1. The molecule has 1 aromatic rings. The third-order valence-corrected chi connectivity index (χ3v) is 1.92. The van der Waals surface area contributed by atoms with Gasteiger partial charge < -0.3 is 5.11 Å². The van der Waals surface area contributed by atoms with Crippen LogP contribution >= 0.6 is 0 Å².